The van der Waals surface area contributed by atoms with Gasteiger partial charge >= 0.3 is 6.03 Å². The highest BCUT2D eigenvalue weighted by Gasteiger charge is 2.29. The van der Waals surface area contributed by atoms with Crippen molar-refractivity contribution in [2.24, 2.45) is 0 Å². The molecule has 0 aliphatic heterocycles. The molecule has 1 fully saturated rings. The van der Waals surface area contributed by atoms with Gasteiger partial charge in [0.05, 0.1) is 16.6 Å². The third-order valence-electron chi connectivity index (χ3n) is 4.22. The van der Waals surface area contributed by atoms with E-state index in [9.17, 15) is 9.90 Å². The Balaban J connectivity index is 1.58. The van der Waals surface area contributed by atoms with Crippen LogP contribution in [0.15, 0.2) is 18.2 Å². The molecule has 3 rings (SSSR count). The Labute approximate surface area is 129 Å². The van der Waals surface area contributed by atoms with Crippen LogP contribution < -0.4 is 10.6 Å². The molecule has 1 aliphatic carbocycles. The average Bonchev–Trinajstić information content (AvgIpc) is 2.85. The molecule has 1 aromatic heterocycles. The van der Waals surface area contributed by atoms with Gasteiger partial charge in [0.1, 0.15) is 5.82 Å². The number of fused-ring (bicyclic) bond motifs is 1. The topological polar surface area (TPSA) is 90.0 Å². The number of urea groups is 1. The van der Waals surface area contributed by atoms with Gasteiger partial charge in [-0.15, -0.1) is 0 Å². The number of carbonyl (C=O) groups excluding carboxylic acids is 1. The van der Waals surface area contributed by atoms with Crippen molar-refractivity contribution in [2.75, 3.05) is 11.9 Å². The Kier molecular flexibility index (Phi) is 4.02. The molecule has 0 radical (unpaired) electrons. The number of hydrogen-bond acceptors (Lipinski definition) is 3. The lowest BCUT2D eigenvalue weighted by Gasteiger charge is -2.32. The largest absolute Gasteiger partial charge is 0.388 e. The number of rotatable bonds is 3. The number of carbonyl (C=O) groups is 1. The Hall–Kier alpha value is -2.08. The highest BCUT2D eigenvalue weighted by Crippen LogP contribution is 2.27. The van der Waals surface area contributed by atoms with E-state index in [1.165, 1.54) is 0 Å². The molecule has 6 nitrogen and oxygen atoms in total. The van der Waals surface area contributed by atoms with Crippen molar-refractivity contribution in [1.82, 2.24) is 15.3 Å². The summed E-state index contributed by atoms with van der Waals surface area (Å²) < 4.78 is 0. The minimum absolute atomic E-state index is 0.296. The maximum Gasteiger partial charge on any atom is 0.319 e. The van der Waals surface area contributed by atoms with Crippen molar-refractivity contribution in [2.45, 2.75) is 44.6 Å². The van der Waals surface area contributed by atoms with Crippen LogP contribution in [-0.2, 0) is 0 Å². The number of H-pyrrole nitrogens is 1. The Morgan fingerprint density at radius 3 is 2.91 bits per heavy atom. The van der Waals surface area contributed by atoms with Gasteiger partial charge in [0.2, 0.25) is 0 Å². The first-order valence-electron chi connectivity index (χ1n) is 7.78. The van der Waals surface area contributed by atoms with Crippen LogP contribution in [0.5, 0.6) is 0 Å². The van der Waals surface area contributed by atoms with Crippen LogP contribution >= 0.6 is 0 Å². The first-order valence-corrected chi connectivity index (χ1v) is 7.78. The quantitative estimate of drug-likeness (QED) is 0.702. The fraction of sp³-hybridized carbons (Fsp3) is 0.500. The SMILES string of the molecule is Cc1nc2ccc(NC(=O)NCC3(O)CCCCC3)cc2[nH]1. The van der Waals surface area contributed by atoms with E-state index in [4.69, 9.17) is 0 Å². The molecule has 118 valence electrons. The predicted octanol–water partition coefficient (Wildman–Crippen LogP) is 2.69. The van der Waals surface area contributed by atoms with Crippen molar-refractivity contribution in [3.05, 3.63) is 24.0 Å². The first-order chi connectivity index (χ1) is 10.5. The normalized spacial score (nSPS) is 17.4. The minimum Gasteiger partial charge on any atom is -0.388 e. The summed E-state index contributed by atoms with van der Waals surface area (Å²) in [6.07, 6.45) is 4.72. The summed E-state index contributed by atoms with van der Waals surface area (Å²) in [5.74, 6) is 0.844. The van der Waals surface area contributed by atoms with Gasteiger partial charge in [-0.3, -0.25) is 0 Å². The molecule has 6 heteroatoms. The second kappa shape index (κ2) is 5.96. The molecular formula is C16H22N4O2. The molecule has 4 N–H and O–H groups in total. The maximum atomic E-state index is 12.0. The summed E-state index contributed by atoms with van der Waals surface area (Å²) in [4.78, 5) is 19.4. The number of anilines is 1. The number of hydrogen-bond donors (Lipinski definition) is 4. The molecule has 1 aromatic carbocycles. The highest BCUT2D eigenvalue weighted by atomic mass is 16.3. The molecule has 1 saturated carbocycles. The number of aryl methyl sites for hydroxylation is 1. The van der Waals surface area contributed by atoms with E-state index >= 15 is 0 Å². The summed E-state index contributed by atoms with van der Waals surface area (Å²) in [5, 5.41) is 15.9. The minimum atomic E-state index is -0.750. The van der Waals surface area contributed by atoms with Crippen LogP contribution in [0.1, 0.15) is 37.9 Å². The zero-order valence-electron chi connectivity index (χ0n) is 12.8. The van der Waals surface area contributed by atoms with Crippen molar-refractivity contribution in [3.63, 3.8) is 0 Å². The van der Waals surface area contributed by atoms with Crippen LogP contribution in [0.4, 0.5) is 10.5 Å². The van der Waals surface area contributed by atoms with E-state index in [1.807, 2.05) is 25.1 Å². The van der Waals surface area contributed by atoms with Crippen LogP contribution in [0, 0.1) is 6.92 Å². The van der Waals surface area contributed by atoms with Gasteiger partial charge in [-0.1, -0.05) is 19.3 Å². The van der Waals surface area contributed by atoms with Gasteiger partial charge in [-0.05, 0) is 38.0 Å². The smallest absolute Gasteiger partial charge is 0.319 e. The number of nitrogens with zero attached hydrogens (tertiary/aromatic N) is 1. The average molecular weight is 302 g/mol. The van der Waals surface area contributed by atoms with E-state index in [0.29, 0.717) is 12.2 Å². The fourth-order valence-electron chi connectivity index (χ4n) is 3.02. The first kappa shape index (κ1) is 14.8. The van der Waals surface area contributed by atoms with Crippen LogP contribution in [0.3, 0.4) is 0 Å². The Bertz CT molecular complexity index is 674. The third kappa shape index (κ3) is 3.39. The molecule has 0 bridgehead atoms. The van der Waals surface area contributed by atoms with Gasteiger partial charge < -0.3 is 20.7 Å². The monoisotopic (exact) mass is 302 g/mol. The zero-order chi connectivity index (χ0) is 15.6. The maximum absolute atomic E-state index is 12.0. The lowest BCUT2D eigenvalue weighted by molar-refractivity contribution is 0.00755. The lowest BCUT2D eigenvalue weighted by atomic mass is 9.85. The van der Waals surface area contributed by atoms with Gasteiger partial charge in [0.25, 0.3) is 0 Å². The number of aromatic nitrogens is 2. The van der Waals surface area contributed by atoms with E-state index in [1.54, 1.807) is 0 Å². The van der Waals surface area contributed by atoms with Crippen molar-refractivity contribution in [1.29, 1.82) is 0 Å². The summed E-state index contributed by atoms with van der Waals surface area (Å²) >= 11 is 0. The van der Waals surface area contributed by atoms with Gasteiger partial charge in [0.15, 0.2) is 0 Å². The summed E-state index contributed by atoms with van der Waals surface area (Å²) in [6.45, 7) is 2.19. The zero-order valence-corrected chi connectivity index (χ0v) is 12.8. The molecule has 2 amide bonds. The van der Waals surface area contributed by atoms with Crippen LogP contribution in [-0.4, -0.2) is 33.3 Å². The molecule has 1 aliphatic rings. The summed E-state index contributed by atoms with van der Waals surface area (Å²) in [5.41, 5.74) is 1.71. The number of amides is 2. The number of aliphatic hydroxyl groups is 1. The number of nitrogens with one attached hydrogen (secondary N) is 3. The van der Waals surface area contributed by atoms with E-state index in [-0.39, 0.29) is 6.03 Å². The molecular weight excluding hydrogens is 280 g/mol. The summed E-state index contributed by atoms with van der Waals surface area (Å²) in [7, 11) is 0. The van der Waals surface area contributed by atoms with E-state index in [2.05, 4.69) is 20.6 Å². The predicted molar refractivity (Wildman–Crippen MR) is 85.9 cm³/mol. The van der Waals surface area contributed by atoms with Crippen molar-refractivity contribution >= 4 is 22.8 Å². The molecule has 0 unspecified atom stereocenters. The number of aromatic amines is 1. The van der Waals surface area contributed by atoms with E-state index in [0.717, 1.165) is 49.0 Å². The molecule has 2 aromatic rings. The Morgan fingerprint density at radius 2 is 2.14 bits per heavy atom. The Morgan fingerprint density at radius 1 is 1.36 bits per heavy atom. The van der Waals surface area contributed by atoms with Crippen molar-refractivity contribution < 1.29 is 9.90 Å². The number of benzene rings is 1. The van der Waals surface area contributed by atoms with Gasteiger partial charge in [-0.2, -0.15) is 0 Å². The van der Waals surface area contributed by atoms with Gasteiger partial charge in [0, 0.05) is 12.2 Å². The third-order valence-corrected chi connectivity index (χ3v) is 4.22. The second-order valence-electron chi connectivity index (χ2n) is 6.15. The molecule has 0 atom stereocenters. The number of imidazole rings is 1. The van der Waals surface area contributed by atoms with E-state index < -0.39 is 5.60 Å². The second-order valence-corrected chi connectivity index (χ2v) is 6.15. The van der Waals surface area contributed by atoms with Crippen molar-refractivity contribution in [3.8, 4) is 0 Å². The molecule has 22 heavy (non-hydrogen) atoms. The highest BCUT2D eigenvalue weighted by molar-refractivity contribution is 5.91. The fourth-order valence-corrected chi connectivity index (χ4v) is 3.02. The van der Waals surface area contributed by atoms with Crippen LogP contribution in [0.25, 0.3) is 11.0 Å². The lowest BCUT2D eigenvalue weighted by Crippen LogP contribution is -2.45. The summed E-state index contributed by atoms with van der Waals surface area (Å²) in [6, 6.07) is 5.24. The van der Waals surface area contributed by atoms with Crippen LogP contribution in [0.2, 0.25) is 0 Å². The molecule has 1 heterocycles. The molecule has 0 saturated heterocycles. The molecule has 0 spiro atoms. The van der Waals surface area contributed by atoms with Gasteiger partial charge in [-0.25, -0.2) is 9.78 Å². The standard InChI is InChI=1S/C16H22N4O2/c1-11-18-13-6-5-12(9-14(13)19-11)20-15(21)17-10-16(22)7-3-2-4-8-16/h5-6,9,22H,2-4,7-8,10H2,1H3,(H,18,19)(H2,17,20,21).